The highest BCUT2D eigenvalue weighted by Gasteiger charge is 2.67. The molecular weight excluding hydrogens is 366 g/mol. The molecule has 2 saturated heterocycles. The third-order valence-electron chi connectivity index (χ3n) is 5.13. The molecule has 8 nitrogen and oxygen atoms in total. The lowest BCUT2D eigenvalue weighted by Crippen LogP contribution is -2.44. The van der Waals surface area contributed by atoms with Crippen molar-refractivity contribution >= 4 is 23.8 Å². The number of rotatable bonds is 8. The average Bonchev–Trinajstić information content (AvgIpc) is 3.28. The van der Waals surface area contributed by atoms with Gasteiger partial charge in [0.15, 0.2) is 0 Å². The summed E-state index contributed by atoms with van der Waals surface area (Å²) >= 11 is 0. The maximum absolute atomic E-state index is 12.9. The van der Waals surface area contributed by atoms with Crippen molar-refractivity contribution in [2.24, 2.45) is 11.8 Å². The first-order valence-corrected chi connectivity index (χ1v) is 9.05. The molecule has 0 radical (unpaired) electrons. The molecule has 28 heavy (non-hydrogen) atoms. The van der Waals surface area contributed by atoms with E-state index in [4.69, 9.17) is 14.2 Å². The van der Waals surface area contributed by atoms with Gasteiger partial charge in [-0.3, -0.25) is 14.5 Å². The first-order chi connectivity index (χ1) is 13.2. The van der Waals surface area contributed by atoms with Gasteiger partial charge < -0.3 is 14.2 Å². The van der Waals surface area contributed by atoms with Crippen LogP contribution in [0.25, 0.3) is 0 Å². The molecule has 2 amide bonds. The van der Waals surface area contributed by atoms with Crippen LogP contribution in [0, 0.1) is 11.8 Å². The summed E-state index contributed by atoms with van der Waals surface area (Å²) < 4.78 is 16.1. The van der Waals surface area contributed by atoms with Gasteiger partial charge in [0.2, 0.25) is 11.8 Å². The molecule has 2 bridgehead atoms. The Hall–Kier alpha value is -2.74. The van der Waals surface area contributed by atoms with Crippen molar-refractivity contribution in [3.8, 4) is 0 Å². The van der Waals surface area contributed by atoms with Gasteiger partial charge in [0.25, 0.3) is 0 Å². The molecule has 2 fully saturated rings. The quantitative estimate of drug-likeness (QED) is 0.200. The van der Waals surface area contributed by atoms with Gasteiger partial charge in [-0.05, 0) is 26.3 Å². The number of fused-ring (bicyclic) bond motifs is 5. The van der Waals surface area contributed by atoms with Crippen molar-refractivity contribution in [1.29, 1.82) is 0 Å². The Labute approximate surface area is 162 Å². The van der Waals surface area contributed by atoms with Crippen LogP contribution in [0.5, 0.6) is 0 Å². The molecule has 150 valence electrons. The SMILES string of the molecule is C=C(C)C(=O)OCCCN1C(=O)C2C3C=CC(COC(=O)C(=C)C)(O3)C2C1=O. The van der Waals surface area contributed by atoms with Crippen molar-refractivity contribution in [2.45, 2.75) is 32.0 Å². The molecule has 8 heteroatoms. The second-order valence-electron chi connectivity index (χ2n) is 7.35. The van der Waals surface area contributed by atoms with Gasteiger partial charge in [-0.2, -0.15) is 0 Å². The summed E-state index contributed by atoms with van der Waals surface area (Å²) in [5, 5.41) is 0. The van der Waals surface area contributed by atoms with E-state index in [1.54, 1.807) is 19.1 Å². The fourth-order valence-corrected chi connectivity index (χ4v) is 3.76. The van der Waals surface area contributed by atoms with E-state index in [0.29, 0.717) is 6.42 Å². The lowest BCUT2D eigenvalue weighted by molar-refractivity contribution is -0.153. The molecule has 0 saturated carbocycles. The fourth-order valence-electron chi connectivity index (χ4n) is 3.76. The highest BCUT2D eigenvalue weighted by atomic mass is 16.6. The molecule has 0 N–H and O–H groups in total. The number of esters is 2. The summed E-state index contributed by atoms with van der Waals surface area (Å²) in [6.07, 6.45) is 3.25. The molecule has 0 aromatic heterocycles. The minimum absolute atomic E-state index is 0.0810. The Kier molecular flexibility index (Phi) is 5.25. The summed E-state index contributed by atoms with van der Waals surface area (Å²) in [5.74, 6) is -3.12. The minimum Gasteiger partial charge on any atom is -0.462 e. The van der Waals surface area contributed by atoms with E-state index in [1.165, 1.54) is 11.8 Å². The fraction of sp³-hybridized carbons (Fsp3) is 0.500. The Morgan fingerprint density at radius 1 is 1.14 bits per heavy atom. The zero-order chi connectivity index (χ0) is 20.6. The zero-order valence-electron chi connectivity index (χ0n) is 15.9. The second-order valence-corrected chi connectivity index (χ2v) is 7.35. The Bertz CT molecular complexity index is 798. The summed E-state index contributed by atoms with van der Waals surface area (Å²) in [6, 6.07) is 0. The van der Waals surface area contributed by atoms with Gasteiger partial charge in [-0.1, -0.05) is 19.2 Å². The molecule has 3 aliphatic heterocycles. The summed E-state index contributed by atoms with van der Waals surface area (Å²) in [6.45, 7) is 10.1. The summed E-state index contributed by atoms with van der Waals surface area (Å²) in [7, 11) is 0. The number of likely N-dealkylation sites (tertiary alicyclic amines) is 1. The molecule has 0 spiro atoms. The Morgan fingerprint density at radius 3 is 2.43 bits per heavy atom. The Morgan fingerprint density at radius 2 is 1.79 bits per heavy atom. The highest BCUT2D eigenvalue weighted by molar-refractivity contribution is 6.07. The number of carbonyl (C=O) groups is 4. The van der Waals surface area contributed by atoms with E-state index in [0.717, 1.165) is 0 Å². The monoisotopic (exact) mass is 389 g/mol. The van der Waals surface area contributed by atoms with Gasteiger partial charge in [0, 0.05) is 17.7 Å². The third kappa shape index (κ3) is 3.28. The standard InChI is InChI=1S/C20H23NO7/c1-11(2)18(24)26-9-5-8-21-16(22)14-13-6-7-20(28-13,15(14)17(21)23)10-27-19(25)12(3)4/h6-7,13-15H,1,3,5,8-10H2,2,4H3. The van der Waals surface area contributed by atoms with Gasteiger partial charge in [-0.15, -0.1) is 0 Å². The van der Waals surface area contributed by atoms with E-state index < -0.39 is 35.5 Å². The number of carbonyl (C=O) groups excluding carboxylic acids is 4. The van der Waals surface area contributed by atoms with E-state index in [9.17, 15) is 19.2 Å². The third-order valence-corrected chi connectivity index (χ3v) is 5.13. The largest absolute Gasteiger partial charge is 0.462 e. The molecule has 3 heterocycles. The Balaban J connectivity index is 1.64. The van der Waals surface area contributed by atoms with Gasteiger partial charge in [0.1, 0.15) is 12.2 Å². The molecule has 4 atom stereocenters. The maximum atomic E-state index is 12.9. The van der Waals surface area contributed by atoms with Gasteiger partial charge in [-0.25, -0.2) is 9.59 Å². The average molecular weight is 389 g/mol. The number of amides is 2. The normalized spacial score (nSPS) is 29.8. The van der Waals surface area contributed by atoms with Crippen molar-refractivity contribution < 1.29 is 33.4 Å². The molecule has 4 unspecified atom stereocenters. The first kappa shape index (κ1) is 20.0. The molecule has 3 aliphatic rings. The van der Waals surface area contributed by atoms with Gasteiger partial charge in [0.05, 0.1) is 24.5 Å². The second kappa shape index (κ2) is 7.35. The lowest BCUT2D eigenvalue weighted by atomic mass is 9.77. The van der Waals surface area contributed by atoms with E-state index >= 15 is 0 Å². The molecule has 3 rings (SSSR count). The molecule has 0 aliphatic carbocycles. The van der Waals surface area contributed by atoms with Crippen molar-refractivity contribution in [3.63, 3.8) is 0 Å². The smallest absolute Gasteiger partial charge is 0.333 e. The topological polar surface area (TPSA) is 99.2 Å². The predicted octanol–water partition coefficient (Wildman–Crippen LogP) is 0.924. The molecular formula is C20H23NO7. The number of hydrogen-bond acceptors (Lipinski definition) is 7. The van der Waals surface area contributed by atoms with E-state index in [2.05, 4.69) is 13.2 Å². The number of imide groups is 1. The van der Waals surface area contributed by atoms with Crippen LogP contribution in [0.3, 0.4) is 0 Å². The summed E-state index contributed by atoms with van der Waals surface area (Å²) in [4.78, 5) is 50.0. The number of hydrogen-bond donors (Lipinski definition) is 0. The minimum atomic E-state index is -1.13. The highest BCUT2D eigenvalue weighted by Crippen LogP contribution is 2.51. The van der Waals surface area contributed by atoms with E-state index in [-0.39, 0.29) is 42.7 Å². The number of ether oxygens (including phenoxy) is 3. The van der Waals surface area contributed by atoms with Crippen molar-refractivity contribution in [2.75, 3.05) is 19.8 Å². The first-order valence-electron chi connectivity index (χ1n) is 9.05. The van der Waals surface area contributed by atoms with Crippen LogP contribution in [-0.2, 0) is 33.4 Å². The lowest BCUT2D eigenvalue weighted by Gasteiger charge is -2.28. The zero-order valence-corrected chi connectivity index (χ0v) is 15.9. The van der Waals surface area contributed by atoms with Crippen LogP contribution in [0.4, 0.5) is 0 Å². The van der Waals surface area contributed by atoms with Crippen molar-refractivity contribution in [1.82, 2.24) is 4.90 Å². The van der Waals surface area contributed by atoms with Crippen LogP contribution in [0.2, 0.25) is 0 Å². The van der Waals surface area contributed by atoms with Gasteiger partial charge >= 0.3 is 11.9 Å². The van der Waals surface area contributed by atoms with Crippen LogP contribution < -0.4 is 0 Å². The molecule has 0 aromatic carbocycles. The maximum Gasteiger partial charge on any atom is 0.333 e. The molecule has 0 aromatic rings. The van der Waals surface area contributed by atoms with Crippen molar-refractivity contribution in [3.05, 3.63) is 36.5 Å². The van der Waals surface area contributed by atoms with Crippen LogP contribution in [0.1, 0.15) is 20.3 Å². The summed E-state index contributed by atoms with van der Waals surface area (Å²) in [5.41, 5.74) is -0.605. The van der Waals surface area contributed by atoms with E-state index in [1.807, 2.05) is 0 Å². The van der Waals surface area contributed by atoms with Crippen LogP contribution in [0.15, 0.2) is 36.5 Å². The number of nitrogens with zero attached hydrogens (tertiary/aromatic N) is 1. The van der Waals surface area contributed by atoms with Crippen LogP contribution in [-0.4, -0.2) is 60.1 Å². The predicted molar refractivity (Wildman–Crippen MR) is 96.6 cm³/mol. The van der Waals surface area contributed by atoms with Crippen LogP contribution >= 0.6 is 0 Å².